The van der Waals surface area contributed by atoms with Crippen LogP contribution in [0.2, 0.25) is 0 Å². The predicted molar refractivity (Wildman–Crippen MR) is 112 cm³/mol. The maximum Gasteiger partial charge on any atom is 0.307 e. The highest BCUT2D eigenvalue weighted by molar-refractivity contribution is 7.91. The fourth-order valence-corrected chi connectivity index (χ4v) is 5.30. The second-order valence-corrected chi connectivity index (χ2v) is 9.30. The van der Waals surface area contributed by atoms with E-state index in [1.165, 1.54) is 24.1 Å². The van der Waals surface area contributed by atoms with Crippen LogP contribution < -0.4 is 9.64 Å². The van der Waals surface area contributed by atoms with Crippen LogP contribution in [0.1, 0.15) is 25.3 Å². The molecule has 0 radical (unpaired) electrons. The summed E-state index contributed by atoms with van der Waals surface area (Å²) in [5.74, 6) is -0.641. The van der Waals surface area contributed by atoms with Crippen LogP contribution >= 0.6 is 0 Å². The van der Waals surface area contributed by atoms with Gasteiger partial charge in [0, 0.05) is 12.7 Å². The van der Waals surface area contributed by atoms with Gasteiger partial charge in [-0.15, -0.1) is 0 Å². The largest absolute Gasteiger partial charge is 0.497 e. The summed E-state index contributed by atoms with van der Waals surface area (Å²) in [5.41, 5.74) is -0.139. The second kappa shape index (κ2) is 8.47. The summed E-state index contributed by atoms with van der Waals surface area (Å²) in [6.07, 6.45) is -0.291. The summed E-state index contributed by atoms with van der Waals surface area (Å²) < 4.78 is 36.2. The molecule has 1 atom stereocenters. The Morgan fingerprint density at radius 2 is 1.83 bits per heavy atom. The first-order valence-electron chi connectivity index (χ1n) is 9.65. The van der Waals surface area contributed by atoms with E-state index in [0.29, 0.717) is 17.0 Å². The van der Waals surface area contributed by atoms with Crippen LogP contribution in [0, 0.1) is 0 Å². The zero-order valence-corrected chi connectivity index (χ0v) is 18.1. The van der Waals surface area contributed by atoms with Gasteiger partial charge in [0.25, 0.3) is 0 Å². The molecule has 0 aromatic heterocycles. The summed E-state index contributed by atoms with van der Waals surface area (Å²) >= 11 is 0. The molecular formula is C22H25NO6S. The Kier molecular flexibility index (Phi) is 6.17. The highest BCUT2D eigenvalue weighted by Crippen LogP contribution is 2.47. The topological polar surface area (TPSA) is 90.0 Å². The minimum atomic E-state index is -3.65. The van der Waals surface area contributed by atoms with Crippen LogP contribution in [0.3, 0.4) is 0 Å². The highest BCUT2D eigenvalue weighted by atomic mass is 32.2. The van der Waals surface area contributed by atoms with Crippen LogP contribution in [0.5, 0.6) is 5.75 Å². The van der Waals surface area contributed by atoms with Crippen LogP contribution in [0.25, 0.3) is 0 Å². The Morgan fingerprint density at radius 1 is 1.13 bits per heavy atom. The molecule has 1 aliphatic rings. The average molecular weight is 432 g/mol. The van der Waals surface area contributed by atoms with Gasteiger partial charge in [-0.05, 0) is 49.2 Å². The SMILES string of the molecule is CCOC(=O)C[C@@]1(CCS(=O)(=O)c2ccccc2)C(=O)N(C)c2ccc(OC)cc21. The number of amides is 1. The van der Waals surface area contributed by atoms with Gasteiger partial charge in [-0.3, -0.25) is 9.59 Å². The first-order chi connectivity index (χ1) is 14.2. The lowest BCUT2D eigenvalue weighted by atomic mass is 9.76. The van der Waals surface area contributed by atoms with Crippen molar-refractivity contribution >= 4 is 27.4 Å². The molecular weight excluding hydrogens is 406 g/mol. The standard InChI is InChI=1S/C22H25NO6S/c1-4-29-20(24)15-22(12-13-30(26,27)17-8-6-5-7-9-17)18-14-16(28-3)10-11-19(18)23(2)21(22)25/h5-11,14H,4,12-13,15H2,1-3H3/t22-/m1/s1. The summed E-state index contributed by atoms with van der Waals surface area (Å²) in [7, 11) is -0.521. The fraction of sp³-hybridized carbons (Fsp3) is 0.364. The highest BCUT2D eigenvalue weighted by Gasteiger charge is 2.51. The summed E-state index contributed by atoms with van der Waals surface area (Å²) in [4.78, 5) is 27.4. The molecule has 0 saturated carbocycles. The number of esters is 1. The van der Waals surface area contributed by atoms with Gasteiger partial charge in [0.15, 0.2) is 9.84 Å². The normalized spacial score (nSPS) is 18.2. The number of hydrogen-bond donors (Lipinski definition) is 0. The molecule has 0 unspecified atom stereocenters. The Bertz CT molecular complexity index is 1050. The zero-order valence-electron chi connectivity index (χ0n) is 17.3. The maximum absolute atomic E-state index is 13.4. The van der Waals surface area contributed by atoms with Crippen molar-refractivity contribution in [3.63, 3.8) is 0 Å². The lowest BCUT2D eigenvalue weighted by Gasteiger charge is -2.27. The molecule has 0 N–H and O–H groups in total. The molecule has 3 rings (SSSR count). The molecule has 2 aromatic carbocycles. The molecule has 1 amide bonds. The lowest BCUT2D eigenvalue weighted by molar-refractivity contribution is -0.146. The summed E-state index contributed by atoms with van der Waals surface area (Å²) in [6, 6.07) is 13.2. The van der Waals surface area contributed by atoms with Gasteiger partial charge in [0.1, 0.15) is 5.75 Å². The van der Waals surface area contributed by atoms with Gasteiger partial charge in [0.2, 0.25) is 5.91 Å². The van der Waals surface area contributed by atoms with Crippen molar-refractivity contribution in [1.82, 2.24) is 0 Å². The number of ether oxygens (including phenoxy) is 2. The van der Waals surface area contributed by atoms with E-state index >= 15 is 0 Å². The number of carbonyl (C=O) groups is 2. The van der Waals surface area contributed by atoms with Gasteiger partial charge in [0.05, 0.1) is 36.2 Å². The smallest absolute Gasteiger partial charge is 0.307 e. The number of benzene rings is 2. The fourth-order valence-electron chi connectivity index (χ4n) is 3.88. The van der Waals surface area contributed by atoms with E-state index in [-0.39, 0.29) is 36.0 Å². The Morgan fingerprint density at radius 3 is 2.47 bits per heavy atom. The summed E-state index contributed by atoms with van der Waals surface area (Å²) in [5, 5.41) is 0. The Hall–Kier alpha value is -2.87. The molecule has 30 heavy (non-hydrogen) atoms. The van der Waals surface area contributed by atoms with Gasteiger partial charge in [-0.25, -0.2) is 8.42 Å². The van der Waals surface area contributed by atoms with Gasteiger partial charge >= 0.3 is 5.97 Å². The molecule has 0 saturated heterocycles. The number of methoxy groups -OCH3 is 1. The third-order valence-corrected chi connectivity index (χ3v) is 7.18. The number of nitrogens with zero attached hydrogens (tertiary/aromatic N) is 1. The van der Waals surface area contributed by atoms with E-state index < -0.39 is 21.2 Å². The molecule has 8 heteroatoms. The van der Waals surface area contributed by atoms with E-state index in [1.54, 1.807) is 50.4 Å². The minimum absolute atomic E-state index is 0.0492. The van der Waals surface area contributed by atoms with Gasteiger partial charge < -0.3 is 14.4 Å². The molecule has 0 bridgehead atoms. The van der Waals surface area contributed by atoms with E-state index in [0.717, 1.165) is 0 Å². The van der Waals surface area contributed by atoms with E-state index in [9.17, 15) is 18.0 Å². The average Bonchev–Trinajstić information content (AvgIpc) is 2.95. The number of fused-ring (bicyclic) bond motifs is 1. The number of sulfone groups is 1. The van der Waals surface area contributed by atoms with Crippen molar-refractivity contribution in [3.8, 4) is 5.75 Å². The minimum Gasteiger partial charge on any atom is -0.497 e. The van der Waals surface area contributed by atoms with Crippen molar-refractivity contribution in [1.29, 1.82) is 0 Å². The molecule has 0 fully saturated rings. The second-order valence-electron chi connectivity index (χ2n) is 7.19. The number of hydrogen-bond acceptors (Lipinski definition) is 6. The molecule has 1 aliphatic heterocycles. The molecule has 160 valence electrons. The predicted octanol–water partition coefficient (Wildman–Crippen LogP) is 2.73. The first-order valence-corrected chi connectivity index (χ1v) is 11.3. The van der Waals surface area contributed by atoms with Crippen molar-refractivity contribution < 1.29 is 27.5 Å². The van der Waals surface area contributed by atoms with Crippen LogP contribution in [-0.2, 0) is 29.6 Å². The van der Waals surface area contributed by atoms with Gasteiger partial charge in [-0.1, -0.05) is 18.2 Å². The molecule has 1 heterocycles. The van der Waals surface area contributed by atoms with Crippen LogP contribution in [0.4, 0.5) is 5.69 Å². The van der Waals surface area contributed by atoms with E-state index in [1.807, 2.05) is 0 Å². The molecule has 7 nitrogen and oxygen atoms in total. The third kappa shape index (κ3) is 3.92. The zero-order chi connectivity index (χ0) is 21.9. The van der Waals surface area contributed by atoms with Gasteiger partial charge in [-0.2, -0.15) is 0 Å². The van der Waals surface area contributed by atoms with E-state index in [4.69, 9.17) is 9.47 Å². The molecule has 0 aliphatic carbocycles. The number of likely N-dealkylation sites (N-methyl/N-ethyl adjacent to an activating group) is 1. The Labute approximate surface area is 176 Å². The third-order valence-electron chi connectivity index (χ3n) is 5.45. The number of carbonyl (C=O) groups excluding carboxylic acids is 2. The molecule has 2 aromatic rings. The summed E-state index contributed by atoms with van der Waals surface area (Å²) in [6.45, 7) is 1.86. The lowest BCUT2D eigenvalue weighted by Crippen LogP contribution is -2.42. The van der Waals surface area contributed by atoms with Crippen molar-refractivity contribution in [2.24, 2.45) is 0 Å². The Balaban J connectivity index is 2.05. The maximum atomic E-state index is 13.4. The van der Waals surface area contributed by atoms with Crippen molar-refractivity contribution in [2.45, 2.75) is 30.1 Å². The van der Waals surface area contributed by atoms with Crippen LogP contribution in [0.15, 0.2) is 53.4 Å². The van der Waals surface area contributed by atoms with Crippen molar-refractivity contribution in [2.75, 3.05) is 31.4 Å². The molecule has 0 spiro atoms. The van der Waals surface area contributed by atoms with Crippen molar-refractivity contribution in [3.05, 3.63) is 54.1 Å². The number of anilines is 1. The number of rotatable bonds is 8. The van der Waals surface area contributed by atoms with Crippen LogP contribution in [-0.4, -0.2) is 46.8 Å². The quantitative estimate of drug-likeness (QED) is 0.597. The monoisotopic (exact) mass is 431 g/mol. The van der Waals surface area contributed by atoms with E-state index in [2.05, 4.69) is 0 Å². The first kappa shape index (κ1) is 21.8.